The van der Waals surface area contributed by atoms with Crippen molar-refractivity contribution in [2.45, 2.75) is 75.0 Å². The third-order valence-corrected chi connectivity index (χ3v) is 9.91. The van der Waals surface area contributed by atoms with Crippen LogP contribution >= 0.6 is 0 Å². The minimum Gasteiger partial charge on any atom is -0.475 e. The summed E-state index contributed by atoms with van der Waals surface area (Å²) >= 11 is 0. The molecule has 5 aliphatic rings. The van der Waals surface area contributed by atoms with Gasteiger partial charge in [-0.05, 0) is 50.8 Å². The number of anilines is 2. The number of fused-ring (bicyclic) bond motifs is 6. The molecule has 5 atom stereocenters. The van der Waals surface area contributed by atoms with Crippen molar-refractivity contribution in [3.8, 4) is 23.3 Å². The second-order valence-corrected chi connectivity index (χ2v) is 12.7. The second kappa shape index (κ2) is 9.70. The first-order chi connectivity index (χ1) is 21.0. The maximum absolute atomic E-state index is 16.6. The minimum absolute atomic E-state index is 0.0720. The van der Waals surface area contributed by atoms with Gasteiger partial charge in [0.25, 0.3) is 0 Å². The summed E-state index contributed by atoms with van der Waals surface area (Å²) in [7, 11) is 0. The predicted molar refractivity (Wildman–Crippen MR) is 150 cm³/mol. The molecular formula is C29H31F5N8O2. The van der Waals surface area contributed by atoms with Gasteiger partial charge in [0, 0.05) is 31.6 Å². The van der Waals surface area contributed by atoms with Crippen molar-refractivity contribution < 1.29 is 31.4 Å². The largest absolute Gasteiger partial charge is 0.475 e. The Kier molecular flexibility index (Phi) is 6.16. The first-order valence-corrected chi connectivity index (χ1v) is 14.9. The van der Waals surface area contributed by atoms with Crippen molar-refractivity contribution in [2.24, 2.45) is 0 Å². The Morgan fingerprint density at radius 2 is 2.00 bits per heavy atom. The molecule has 15 heteroatoms. The molecule has 10 nitrogen and oxygen atoms in total. The van der Waals surface area contributed by atoms with Gasteiger partial charge in [-0.2, -0.15) is 23.1 Å². The van der Waals surface area contributed by atoms with Crippen LogP contribution in [0.15, 0.2) is 6.07 Å². The van der Waals surface area contributed by atoms with Crippen molar-refractivity contribution in [3.05, 3.63) is 23.0 Å². The smallest absolute Gasteiger partial charge is 0.418 e. The van der Waals surface area contributed by atoms with E-state index in [1.54, 1.807) is 0 Å². The Morgan fingerprint density at radius 1 is 1.16 bits per heavy atom. The number of piperazine rings is 1. The molecule has 4 fully saturated rings. The summed E-state index contributed by atoms with van der Waals surface area (Å²) in [6.07, 6.45) is -2.01. The standard InChI is InChI=1S/C29H31F5N8O2/c1-13-7-18(35)37-23(20(13)29(32,33)34)24-21(31)22-19-25(42-10-15-3-4-16(36-15)17(42)11-43-26(19)38-24)40-27(39-22)44-12-28-5-2-6-41(28)9-14(30)8-28/h7,14-17,36H,2-6,8-12H2,1H3,(H2,35,37)/t14-,15-,16+,17-,28+/m1/s1. The topological polar surface area (TPSA) is 115 Å². The molecule has 3 aromatic heterocycles. The number of nitrogens with two attached hydrogens (primary N) is 1. The molecule has 0 aromatic carbocycles. The van der Waals surface area contributed by atoms with E-state index in [0.717, 1.165) is 38.3 Å². The molecule has 8 heterocycles. The zero-order valence-corrected chi connectivity index (χ0v) is 23.9. The van der Waals surface area contributed by atoms with Crippen molar-refractivity contribution in [1.82, 2.24) is 30.2 Å². The lowest BCUT2D eigenvalue weighted by molar-refractivity contribution is -0.137. The van der Waals surface area contributed by atoms with Gasteiger partial charge in [-0.25, -0.2) is 18.7 Å². The van der Waals surface area contributed by atoms with Crippen LogP contribution in [0.2, 0.25) is 0 Å². The number of halogens is 5. The summed E-state index contributed by atoms with van der Waals surface area (Å²) in [6.45, 7) is 3.14. The number of nitrogen functional groups attached to an aromatic ring is 1. The monoisotopic (exact) mass is 618 g/mol. The molecule has 5 aliphatic heterocycles. The van der Waals surface area contributed by atoms with Crippen LogP contribution < -0.4 is 25.4 Å². The number of rotatable bonds is 4. The Hall–Kier alpha value is -3.59. The lowest BCUT2D eigenvalue weighted by Crippen LogP contribution is -2.60. The first-order valence-electron chi connectivity index (χ1n) is 14.9. The molecule has 0 unspecified atom stereocenters. The summed E-state index contributed by atoms with van der Waals surface area (Å²) in [5.74, 6) is -1.07. The molecule has 234 valence electrons. The molecule has 0 amide bonds. The van der Waals surface area contributed by atoms with E-state index >= 15 is 4.39 Å². The molecule has 4 saturated heterocycles. The van der Waals surface area contributed by atoms with Crippen LogP contribution in [0.25, 0.3) is 22.3 Å². The number of nitrogens with zero attached hydrogens (tertiary/aromatic N) is 6. The average molecular weight is 619 g/mol. The summed E-state index contributed by atoms with van der Waals surface area (Å²) in [6, 6.07) is 1.01. The van der Waals surface area contributed by atoms with Crippen molar-refractivity contribution in [3.63, 3.8) is 0 Å². The Morgan fingerprint density at radius 3 is 2.82 bits per heavy atom. The van der Waals surface area contributed by atoms with E-state index in [2.05, 4.69) is 25.2 Å². The highest BCUT2D eigenvalue weighted by atomic mass is 19.4. The minimum atomic E-state index is -4.86. The lowest BCUT2D eigenvalue weighted by atomic mass is 9.95. The first kappa shape index (κ1) is 27.9. The highest BCUT2D eigenvalue weighted by Crippen LogP contribution is 2.46. The van der Waals surface area contributed by atoms with E-state index in [0.29, 0.717) is 25.3 Å². The van der Waals surface area contributed by atoms with E-state index in [-0.39, 0.29) is 65.5 Å². The number of pyridine rings is 2. The zero-order chi connectivity index (χ0) is 30.5. The summed E-state index contributed by atoms with van der Waals surface area (Å²) in [4.78, 5) is 21.5. The van der Waals surface area contributed by atoms with E-state index < -0.39 is 40.7 Å². The lowest BCUT2D eigenvalue weighted by Gasteiger charge is -2.40. The van der Waals surface area contributed by atoms with E-state index in [1.165, 1.54) is 6.92 Å². The summed E-state index contributed by atoms with van der Waals surface area (Å²) in [5, 5.41) is 3.74. The number of ether oxygens (including phenoxy) is 2. The SMILES string of the molecule is Cc1cc(N)nc(-c2nc3c4c(nc(OC[C@@]56CCCN5C[C@H](F)C6)nc4c2F)N2C[C@H]4CC[C@H](N4)[C@H]2CO3)c1C(F)(F)F. The van der Waals surface area contributed by atoms with Gasteiger partial charge in [0.05, 0.1) is 17.1 Å². The molecule has 3 N–H and O–H groups in total. The average Bonchev–Trinajstić information content (AvgIpc) is 3.59. The fraction of sp³-hybridized carbons (Fsp3) is 0.586. The third-order valence-electron chi connectivity index (χ3n) is 9.91. The van der Waals surface area contributed by atoms with Crippen LogP contribution in [0.5, 0.6) is 11.9 Å². The van der Waals surface area contributed by atoms with Gasteiger partial charge < -0.3 is 25.4 Å². The quantitative estimate of drug-likeness (QED) is 0.419. The van der Waals surface area contributed by atoms with Gasteiger partial charge >= 0.3 is 12.2 Å². The highest BCUT2D eigenvalue weighted by molar-refractivity contribution is 5.97. The van der Waals surface area contributed by atoms with Gasteiger partial charge in [0.1, 0.15) is 53.3 Å². The second-order valence-electron chi connectivity index (χ2n) is 12.7. The van der Waals surface area contributed by atoms with Gasteiger partial charge in [-0.1, -0.05) is 0 Å². The molecule has 0 aliphatic carbocycles. The van der Waals surface area contributed by atoms with Crippen molar-refractivity contribution in [1.29, 1.82) is 0 Å². The fourth-order valence-electron chi connectivity index (χ4n) is 8.01. The Labute approximate surface area is 249 Å². The van der Waals surface area contributed by atoms with Crippen LogP contribution in [0.4, 0.5) is 33.6 Å². The van der Waals surface area contributed by atoms with Crippen molar-refractivity contribution in [2.75, 3.05) is 43.5 Å². The Balaban J connectivity index is 1.31. The highest BCUT2D eigenvalue weighted by Gasteiger charge is 2.50. The van der Waals surface area contributed by atoms with Crippen LogP contribution in [0.3, 0.4) is 0 Å². The van der Waals surface area contributed by atoms with E-state index in [9.17, 15) is 17.6 Å². The van der Waals surface area contributed by atoms with Gasteiger partial charge in [-0.3, -0.25) is 4.90 Å². The molecule has 44 heavy (non-hydrogen) atoms. The van der Waals surface area contributed by atoms with Crippen LogP contribution in [0, 0.1) is 12.7 Å². The van der Waals surface area contributed by atoms with E-state index in [1.807, 2.05) is 4.90 Å². The summed E-state index contributed by atoms with van der Waals surface area (Å²) in [5.41, 5.74) is 2.25. The van der Waals surface area contributed by atoms with Gasteiger partial charge in [0.15, 0.2) is 5.82 Å². The molecular weight excluding hydrogens is 587 g/mol. The predicted octanol–water partition coefficient (Wildman–Crippen LogP) is 3.79. The molecule has 0 spiro atoms. The Bertz CT molecular complexity index is 1670. The normalized spacial score (nSPS) is 29.5. The number of hydrogen-bond donors (Lipinski definition) is 2. The maximum Gasteiger partial charge on any atom is 0.418 e. The number of nitrogens with one attached hydrogen (secondary N) is 1. The number of alkyl halides is 4. The maximum atomic E-state index is 16.6. The summed E-state index contributed by atoms with van der Waals surface area (Å²) < 4.78 is 86.1. The zero-order valence-electron chi connectivity index (χ0n) is 23.9. The molecule has 2 bridgehead atoms. The molecule has 0 radical (unpaired) electrons. The van der Waals surface area contributed by atoms with E-state index in [4.69, 9.17) is 20.2 Å². The number of aryl methyl sites for hydroxylation is 1. The number of aromatic nitrogens is 4. The third kappa shape index (κ3) is 4.25. The fourth-order valence-corrected chi connectivity index (χ4v) is 8.01. The van der Waals surface area contributed by atoms with Crippen LogP contribution in [-0.2, 0) is 6.18 Å². The number of hydrogen-bond acceptors (Lipinski definition) is 10. The molecule has 3 aromatic rings. The van der Waals surface area contributed by atoms with Gasteiger partial charge in [-0.15, -0.1) is 0 Å². The molecule has 0 saturated carbocycles. The van der Waals surface area contributed by atoms with Crippen LogP contribution in [-0.4, -0.2) is 87.5 Å². The van der Waals surface area contributed by atoms with Gasteiger partial charge in [0.2, 0.25) is 5.88 Å². The molecule has 8 rings (SSSR count). The van der Waals surface area contributed by atoms with Crippen LogP contribution in [0.1, 0.15) is 43.2 Å². The van der Waals surface area contributed by atoms with Crippen molar-refractivity contribution >= 4 is 22.5 Å².